The molecule has 166 valence electrons. The summed E-state index contributed by atoms with van der Waals surface area (Å²) in [6.45, 7) is 0.276. The third-order valence-corrected chi connectivity index (χ3v) is 9.32. The van der Waals surface area contributed by atoms with Crippen molar-refractivity contribution in [1.82, 2.24) is 14.6 Å². The second kappa shape index (κ2) is 7.93. The Kier molecular flexibility index (Phi) is 5.58. The summed E-state index contributed by atoms with van der Waals surface area (Å²) in [5.74, 6) is -0.0792. The van der Waals surface area contributed by atoms with Gasteiger partial charge in [-0.2, -0.15) is 4.98 Å². The molecule has 0 bridgehead atoms. The van der Waals surface area contributed by atoms with E-state index in [0.717, 1.165) is 15.6 Å². The van der Waals surface area contributed by atoms with E-state index in [2.05, 4.69) is 15.6 Å². The maximum atomic E-state index is 13.0. The molecular weight excluding hydrogens is 466 g/mol. The second-order valence-electron chi connectivity index (χ2n) is 7.09. The number of rotatable bonds is 4. The Bertz CT molecular complexity index is 1150. The molecule has 0 spiro atoms. The van der Waals surface area contributed by atoms with Gasteiger partial charge in [0.15, 0.2) is 0 Å². The molecule has 2 fully saturated rings. The smallest absolute Gasteiger partial charge is 0.266 e. The number of aromatic nitrogens is 1. The summed E-state index contributed by atoms with van der Waals surface area (Å²) in [7, 11) is -1.01. The summed E-state index contributed by atoms with van der Waals surface area (Å²) < 4.78 is 37.7. The highest BCUT2D eigenvalue weighted by molar-refractivity contribution is 7.90. The molecule has 0 aromatic carbocycles. The van der Waals surface area contributed by atoms with Crippen molar-refractivity contribution in [2.24, 2.45) is 0 Å². The van der Waals surface area contributed by atoms with Crippen molar-refractivity contribution in [3.8, 4) is 5.88 Å². The van der Waals surface area contributed by atoms with E-state index in [-0.39, 0.29) is 35.5 Å². The Balaban J connectivity index is 1.70. The maximum absolute atomic E-state index is 13.0. The number of methoxy groups -OCH3 is 1. The van der Waals surface area contributed by atoms with E-state index >= 15 is 0 Å². The summed E-state index contributed by atoms with van der Waals surface area (Å²) in [4.78, 5) is 17.7. The van der Waals surface area contributed by atoms with Crippen molar-refractivity contribution < 1.29 is 22.7 Å². The molecule has 4 rings (SSSR count). The number of sulfonamides is 1. The van der Waals surface area contributed by atoms with Crippen LogP contribution in [0.4, 0.5) is 5.82 Å². The summed E-state index contributed by atoms with van der Waals surface area (Å²) in [5, 5.41) is 13.1. The van der Waals surface area contributed by atoms with Gasteiger partial charge in [0.2, 0.25) is 21.9 Å². The van der Waals surface area contributed by atoms with E-state index < -0.39 is 26.7 Å². The second-order valence-corrected chi connectivity index (χ2v) is 10.7. The number of nitrogens with zero attached hydrogens (tertiary/aromatic N) is 2. The fourth-order valence-electron chi connectivity index (χ4n) is 3.72. The Hall–Kier alpha value is -2.41. The number of nitrogens with one attached hydrogen (secondary N) is 3. The monoisotopic (exact) mass is 485 g/mol. The zero-order valence-electron chi connectivity index (χ0n) is 16.6. The highest BCUT2D eigenvalue weighted by atomic mass is 35.5. The van der Waals surface area contributed by atoms with Gasteiger partial charge < -0.3 is 20.1 Å². The normalized spacial score (nSPS) is 24.8. The summed E-state index contributed by atoms with van der Waals surface area (Å²) in [6, 6.07) is 6.44. The Morgan fingerprint density at radius 2 is 2.29 bits per heavy atom. The van der Waals surface area contributed by atoms with Crippen molar-refractivity contribution >= 4 is 50.6 Å². The van der Waals surface area contributed by atoms with E-state index in [1.807, 2.05) is 0 Å². The molecule has 1 unspecified atom stereocenters. The number of anilines is 1. The van der Waals surface area contributed by atoms with Crippen molar-refractivity contribution in [2.75, 3.05) is 32.7 Å². The molecule has 2 aliphatic heterocycles. The number of amides is 1. The molecule has 2 saturated heterocycles. The standard InChI is InChI=1S/C18H20ClN5O5S2/c1-24-17(20)23-18(9-29-7-6-12(18)31(24,26)27)15-10(19)8-11(30-15)16(25)22-13-4-3-5-14(21-13)28-2/h3-5,8,12H,6-7,9H2,1-2H3,(H2,20,23)(H,21,22,25)/t12?,18-/m0/s1. The SMILES string of the molecule is COc1cccc(NC(=O)c2cc(Cl)c([C@]34COCCC3S(=O)(=O)N(C)C(=N)N4)s2)n1. The van der Waals surface area contributed by atoms with E-state index in [1.165, 1.54) is 20.2 Å². The van der Waals surface area contributed by atoms with Crippen LogP contribution in [0.25, 0.3) is 0 Å². The molecular formula is C18H20ClN5O5S2. The van der Waals surface area contributed by atoms with Crippen molar-refractivity contribution in [1.29, 1.82) is 5.41 Å². The van der Waals surface area contributed by atoms with Crippen LogP contribution in [0.15, 0.2) is 24.3 Å². The summed E-state index contributed by atoms with van der Waals surface area (Å²) >= 11 is 7.54. The molecule has 0 aliphatic carbocycles. The van der Waals surface area contributed by atoms with Crippen LogP contribution >= 0.6 is 22.9 Å². The molecule has 13 heteroatoms. The highest BCUT2D eigenvalue weighted by Gasteiger charge is 2.57. The number of hydrogen-bond acceptors (Lipinski definition) is 8. The van der Waals surface area contributed by atoms with Crippen LogP contribution in [0.3, 0.4) is 0 Å². The van der Waals surface area contributed by atoms with Crippen LogP contribution in [-0.4, -0.2) is 62.2 Å². The zero-order chi connectivity index (χ0) is 22.4. The van der Waals surface area contributed by atoms with Crippen LogP contribution in [0.2, 0.25) is 5.02 Å². The fraction of sp³-hybridized carbons (Fsp3) is 0.389. The maximum Gasteiger partial charge on any atom is 0.266 e. The Morgan fingerprint density at radius 1 is 1.52 bits per heavy atom. The molecule has 2 atom stereocenters. The third kappa shape index (κ3) is 3.63. The minimum absolute atomic E-state index is 0.00580. The number of hydrogen-bond donors (Lipinski definition) is 3. The quantitative estimate of drug-likeness (QED) is 0.601. The number of guanidine groups is 1. The first-order valence-corrected chi connectivity index (χ1v) is 11.9. The fourth-order valence-corrected chi connectivity index (χ4v) is 7.21. The van der Waals surface area contributed by atoms with Crippen LogP contribution < -0.4 is 15.4 Å². The van der Waals surface area contributed by atoms with Crippen LogP contribution in [-0.2, 0) is 20.3 Å². The van der Waals surface area contributed by atoms with E-state index in [1.54, 1.807) is 18.2 Å². The molecule has 31 heavy (non-hydrogen) atoms. The van der Waals surface area contributed by atoms with Gasteiger partial charge in [0.25, 0.3) is 5.91 Å². The van der Waals surface area contributed by atoms with Crippen LogP contribution in [0, 0.1) is 5.41 Å². The number of ether oxygens (including phenoxy) is 2. The largest absolute Gasteiger partial charge is 0.481 e. The van der Waals surface area contributed by atoms with Gasteiger partial charge in [0.05, 0.1) is 28.5 Å². The minimum Gasteiger partial charge on any atom is -0.481 e. The lowest BCUT2D eigenvalue weighted by Gasteiger charge is -2.49. The van der Waals surface area contributed by atoms with Gasteiger partial charge in [-0.05, 0) is 18.6 Å². The first-order chi connectivity index (χ1) is 14.7. The molecule has 0 saturated carbocycles. The van der Waals surface area contributed by atoms with Gasteiger partial charge in [-0.25, -0.2) is 12.7 Å². The van der Waals surface area contributed by atoms with Gasteiger partial charge >= 0.3 is 0 Å². The van der Waals surface area contributed by atoms with Gasteiger partial charge in [0, 0.05) is 19.7 Å². The number of halogens is 1. The number of pyridine rings is 1. The highest BCUT2D eigenvalue weighted by Crippen LogP contribution is 2.45. The third-order valence-electron chi connectivity index (χ3n) is 5.29. The lowest BCUT2D eigenvalue weighted by Crippen LogP contribution is -2.70. The van der Waals surface area contributed by atoms with Crippen LogP contribution in [0.5, 0.6) is 5.88 Å². The lowest BCUT2D eigenvalue weighted by atomic mass is 9.89. The summed E-state index contributed by atoms with van der Waals surface area (Å²) in [5.41, 5.74) is -1.25. The van der Waals surface area contributed by atoms with Gasteiger partial charge in [-0.15, -0.1) is 11.3 Å². The number of carbonyl (C=O) groups is 1. The molecule has 3 N–H and O–H groups in total. The van der Waals surface area contributed by atoms with E-state index in [0.29, 0.717) is 16.6 Å². The Morgan fingerprint density at radius 3 is 3.03 bits per heavy atom. The number of carbonyl (C=O) groups excluding carboxylic acids is 1. The number of fused-ring (bicyclic) bond motifs is 1. The molecule has 1 amide bonds. The molecule has 2 aliphatic rings. The van der Waals surface area contributed by atoms with E-state index in [4.69, 9.17) is 26.5 Å². The average Bonchev–Trinajstić information content (AvgIpc) is 3.15. The van der Waals surface area contributed by atoms with Crippen molar-refractivity contribution in [2.45, 2.75) is 17.2 Å². The first kappa shape index (κ1) is 21.8. The molecule has 4 heterocycles. The average molecular weight is 486 g/mol. The predicted octanol–water partition coefficient (Wildman–Crippen LogP) is 1.84. The number of thiophene rings is 1. The van der Waals surface area contributed by atoms with Crippen molar-refractivity contribution in [3.63, 3.8) is 0 Å². The Labute approximate surface area is 188 Å². The topological polar surface area (TPSA) is 134 Å². The van der Waals surface area contributed by atoms with Gasteiger partial charge in [-0.3, -0.25) is 10.2 Å². The molecule has 0 radical (unpaired) electrons. The van der Waals surface area contributed by atoms with E-state index in [9.17, 15) is 13.2 Å². The zero-order valence-corrected chi connectivity index (χ0v) is 19.0. The van der Waals surface area contributed by atoms with Crippen molar-refractivity contribution in [3.05, 3.63) is 39.0 Å². The van der Waals surface area contributed by atoms with Crippen LogP contribution in [0.1, 0.15) is 21.0 Å². The lowest BCUT2D eigenvalue weighted by molar-refractivity contribution is 0.0268. The molecule has 10 nitrogen and oxygen atoms in total. The molecule has 2 aromatic rings. The van der Waals surface area contributed by atoms with Gasteiger partial charge in [0.1, 0.15) is 16.6 Å². The van der Waals surface area contributed by atoms with Gasteiger partial charge in [-0.1, -0.05) is 17.7 Å². The summed E-state index contributed by atoms with van der Waals surface area (Å²) in [6.07, 6.45) is 0.233. The predicted molar refractivity (Wildman–Crippen MR) is 117 cm³/mol. The molecule has 2 aromatic heterocycles. The minimum atomic E-state index is -3.81. The first-order valence-electron chi connectivity index (χ1n) is 9.23.